The Labute approximate surface area is 75.6 Å². The van der Waals surface area contributed by atoms with E-state index in [1.54, 1.807) is 6.20 Å². The maximum Gasteiger partial charge on any atom is 0.202 e. The minimum absolute atomic E-state index is 0.654. The van der Waals surface area contributed by atoms with Gasteiger partial charge in [0, 0.05) is 6.54 Å². The zero-order valence-electron chi connectivity index (χ0n) is 7.41. The van der Waals surface area contributed by atoms with Crippen LogP contribution in [0.3, 0.4) is 0 Å². The highest BCUT2D eigenvalue weighted by molar-refractivity contribution is 5.72. The number of rotatable bonds is 3. The standard InChI is InChI=1S/C8H11N5/c1-2-4-9-8-11-6-3-5-10-13-7(6)12-8/h3,5H,2,4H2,1H3,(H2,9,11,12,13). The summed E-state index contributed by atoms with van der Waals surface area (Å²) in [5.74, 6) is 0.761. The van der Waals surface area contributed by atoms with Crippen LogP contribution in [0.1, 0.15) is 13.3 Å². The van der Waals surface area contributed by atoms with Crippen molar-refractivity contribution in [3.05, 3.63) is 12.3 Å². The van der Waals surface area contributed by atoms with Gasteiger partial charge in [-0.1, -0.05) is 6.92 Å². The van der Waals surface area contributed by atoms with Crippen molar-refractivity contribution >= 4 is 17.1 Å². The number of nitrogens with one attached hydrogen (secondary N) is 2. The molecule has 2 rings (SSSR count). The van der Waals surface area contributed by atoms with Crippen LogP contribution in [0.2, 0.25) is 0 Å². The fraction of sp³-hybridized carbons (Fsp3) is 0.375. The van der Waals surface area contributed by atoms with Gasteiger partial charge in [-0.2, -0.15) is 10.1 Å². The third kappa shape index (κ3) is 1.58. The molecule has 0 saturated carbocycles. The summed E-state index contributed by atoms with van der Waals surface area (Å²) in [7, 11) is 0. The fourth-order valence-electron chi connectivity index (χ4n) is 1.09. The first-order valence-corrected chi connectivity index (χ1v) is 4.31. The topological polar surface area (TPSA) is 66.5 Å². The van der Waals surface area contributed by atoms with Crippen molar-refractivity contribution < 1.29 is 0 Å². The predicted molar refractivity (Wildman–Crippen MR) is 50.5 cm³/mol. The van der Waals surface area contributed by atoms with Crippen LogP contribution in [0.4, 0.5) is 5.95 Å². The second-order valence-electron chi connectivity index (χ2n) is 2.78. The number of imidazole rings is 1. The lowest BCUT2D eigenvalue weighted by Gasteiger charge is -1.96. The lowest BCUT2D eigenvalue weighted by atomic mass is 10.5. The van der Waals surface area contributed by atoms with E-state index in [2.05, 4.69) is 32.4 Å². The van der Waals surface area contributed by atoms with Crippen LogP contribution in [0.15, 0.2) is 12.3 Å². The predicted octanol–water partition coefficient (Wildman–Crippen LogP) is 1.17. The molecule has 0 atom stereocenters. The molecule has 68 valence electrons. The Bertz CT molecular complexity index is 361. The zero-order valence-corrected chi connectivity index (χ0v) is 7.41. The first kappa shape index (κ1) is 7.97. The van der Waals surface area contributed by atoms with Gasteiger partial charge in [-0.3, -0.25) is 0 Å². The van der Waals surface area contributed by atoms with E-state index < -0.39 is 0 Å². The Balaban J connectivity index is 2.28. The molecule has 0 amide bonds. The summed E-state index contributed by atoms with van der Waals surface area (Å²) >= 11 is 0. The van der Waals surface area contributed by atoms with Crippen molar-refractivity contribution in [1.82, 2.24) is 20.2 Å². The van der Waals surface area contributed by atoms with Crippen LogP contribution in [-0.4, -0.2) is 26.7 Å². The van der Waals surface area contributed by atoms with Crippen molar-refractivity contribution in [3.8, 4) is 0 Å². The smallest absolute Gasteiger partial charge is 0.202 e. The van der Waals surface area contributed by atoms with Gasteiger partial charge in [0.15, 0.2) is 0 Å². The quantitative estimate of drug-likeness (QED) is 0.738. The molecule has 0 unspecified atom stereocenters. The fourth-order valence-corrected chi connectivity index (χ4v) is 1.09. The van der Waals surface area contributed by atoms with Gasteiger partial charge in [0.05, 0.1) is 11.7 Å². The van der Waals surface area contributed by atoms with Crippen LogP contribution in [0.25, 0.3) is 11.2 Å². The number of H-pyrrole nitrogens is 1. The minimum atomic E-state index is 0.654. The SMILES string of the molecule is CCCNc1nc2nnccc2[nH]1. The molecule has 0 aliphatic rings. The molecule has 0 bridgehead atoms. The van der Waals surface area contributed by atoms with Crippen LogP contribution in [-0.2, 0) is 0 Å². The second kappa shape index (κ2) is 3.38. The number of hydrogen-bond donors (Lipinski definition) is 2. The summed E-state index contributed by atoms with van der Waals surface area (Å²) in [5.41, 5.74) is 1.56. The zero-order chi connectivity index (χ0) is 9.10. The molecular formula is C8H11N5. The molecule has 0 spiro atoms. The lowest BCUT2D eigenvalue weighted by molar-refractivity contribution is 0.962. The molecule has 2 N–H and O–H groups in total. The molecule has 0 aromatic carbocycles. The van der Waals surface area contributed by atoms with Gasteiger partial charge in [0.25, 0.3) is 0 Å². The second-order valence-corrected chi connectivity index (χ2v) is 2.78. The molecule has 5 nitrogen and oxygen atoms in total. The van der Waals surface area contributed by atoms with E-state index in [1.807, 2.05) is 6.07 Å². The van der Waals surface area contributed by atoms with E-state index in [4.69, 9.17) is 0 Å². The molecule has 2 heterocycles. The Morgan fingerprint density at radius 1 is 1.54 bits per heavy atom. The van der Waals surface area contributed by atoms with E-state index in [0.29, 0.717) is 5.65 Å². The largest absolute Gasteiger partial charge is 0.356 e. The number of aromatic nitrogens is 4. The molecule has 0 radical (unpaired) electrons. The summed E-state index contributed by atoms with van der Waals surface area (Å²) < 4.78 is 0. The van der Waals surface area contributed by atoms with Gasteiger partial charge in [0.1, 0.15) is 0 Å². The number of fused-ring (bicyclic) bond motifs is 1. The number of aromatic amines is 1. The van der Waals surface area contributed by atoms with Gasteiger partial charge in [0.2, 0.25) is 11.6 Å². The lowest BCUT2D eigenvalue weighted by Crippen LogP contribution is -2.00. The highest BCUT2D eigenvalue weighted by atomic mass is 15.2. The van der Waals surface area contributed by atoms with E-state index in [-0.39, 0.29) is 0 Å². The molecule has 0 aliphatic heterocycles. The first-order chi connectivity index (χ1) is 6.40. The summed E-state index contributed by atoms with van der Waals surface area (Å²) in [6.45, 7) is 3.02. The highest BCUT2D eigenvalue weighted by Gasteiger charge is 2.01. The normalized spacial score (nSPS) is 10.5. The number of nitrogens with zero attached hydrogens (tertiary/aromatic N) is 3. The maximum atomic E-state index is 4.21. The third-order valence-corrected chi connectivity index (χ3v) is 1.71. The van der Waals surface area contributed by atoms with Crippen molar-refractivity contribution in [1.29, 1.82) is 0 Å². The third-order valence-electron chi connectivity index (χ3n) is 1.71. The minimum Gasteiger partial charge on any atom is -0.356 e. The molecule has 13 heavy (non-hydrogen) atoms. The molecule has 0 saturated heterocycles. The first-order valence-electron chi connectivity index (χ1n) is 4.31. The molecule has 0 fully saturated rings. The Hall–Kier alpha value is -1.65. The molecule has 5 heteroatoms. The molecule has 0 aliphatic carbocycles. The monoisotopic (exact) mass is 177 g/mol. The van der Waals surface area contributed by atoms with Crippen molar-refractivity contribution in [2.75, 3.05) is 11.9 Å². The van der Waals surface area contributed by atoms with Gasteiger partial charge in [-0.25, -0.2) is 0 Å². The van der Waals surface area contributed by atoms with E-state index in [0.717, 1.165) is 24.4 Å². The van der Waals surface area contributed by atoms with E-state index >= 15 is 0 Å². The number of hydrogen-bond acceptors (Lipinski definition) is 4. The van der Waals surface area contributed by atoms with E-state index in [9.17, 15) is 0 Å². The Morgan fingerprint density at radius 2 is 2.46 bits per heavy atom. The van der Waals surface area contributed by atoms with Crippen LogP contribution < -0.4 is 5.32 Å². The van der Waals surface area contributed by atoms with Gasteiger partial charge >= 0.3 is 0 Å². The van der Waals surface area contributed by atoms with Crippen LogP contribution in [0.5, 0.6) is 0 Å². The molecular weight excluding hydrogens is 166 g/mol. The summed E-state index contributed by atoms with van der Waals surface area (Å²) in [4.78, 5) is 7.32. The van der Waals surface area contributed by atoms with Crippen LogP contribution >= 0.6 is 0 Å². The van der Waals surface area contributed by atoms with Crippen molar-refractivity contribution in [2.24, 2.45) is 0 Å². The van der Waals surface area contributed by atoms with Crippen molar-refractivity contribution in [2.45, 2.75) is 13.3 Å². The van der Waals surface area contributed by atoms with Crippen LogP contribution in [0, 0.1) is 0 Å². The van der Waals surface area contributed by atoms with Gasteiger partial charge in [-0.05, 0) is 12.5 Å². The summed E-state index contributed by atoms with van der Waals surface area (Å²) in [6, 6.07) is 1.85. The average Bonchev–Trinajstić information content (AvgIpc) is 2.57. The Kier molecular flexibility index (Phi) is 2.08. The van der Waals surface area contributed by atoms with Crippen molar-refractivity contribution in [3.63, 3.8) is 0 Å². The number of anilines is 1. The molecule has 2 aromatic heterocycles. The van der Waals surface area contributed by atoms with Gasteiger partial charge < -0.3 is 10.3 Å². The molecule has 2 aromatic rings. The van der Waals surface area contributed by atoms with E-state index in [1.165, 1.54) is 0 Å². The summed E-state index contributed by atoms with van der Waals surface area (Å²) in [6.07, 6.45) is 2.72. The highest BCUT2D eigenvalue weighted by Crippen LogP contribution is 2.09. The van der Waals surface area contributed by atoms with Gasteiger partial charge in [-0.15, -0.1) is 5.10 Å². The average molecular weight is 177 g/mol. The maximum absolute atomic E-state index is 4.21. The Morgan fingerprint density at radius 3 is 3.23 bits per heavy atom. The summed E-state index contributed by atoms with van der Waals surface area (Å²) in [5, 5.41) is 10.8.